The van der Waals surface area contributed by atoms with Gasteiger partial charge >= 0.3 is 0 Å². The Kier molecular flexibility index (Phi) is 4.86. The quantitative estimate of drug-likeness (QED) is 0.747. The number of phenolic OH excluding ortho intramolecular Hbond substituents is 1. The maximum atomic E-state index is 9.75. The van der Waals surface area contributed by atoms with Gasteiger partial charge in [-0.05, 0) is 18.6 Å². The van der Waals surface area contributed by atoms with E-state index < -0.39 is 12.2 Å². The number of aromatic hydroxyl groups is 1. The fourth-order valence-corrected chi connectivity index (χ4v) is 1.99. The Labute approximate surface area is 101 Å². The first-order valence-electron chi connectivity index (χ1n) is 4.46. The zero-order valence-electron chi connectivity index (χ0n) is 7.90. The number of halogens is 2. The highest BCUT2D eigenvalue weighted by Crippen LogP contribution is 2.29. The Bertz CT molecular complexity index is 332. The van der Waals surface area contributed by atoms with Crippen LogP contribution in [0.3, 0.4) is 0 Å². The minimum atomic E-state index is -1.03. The first kappa shape index (κ1) is 12.8. The van der Waals surface area contributed by atoms with Crippen LogP contribution >= 0.6 is 27.5 Å². The molecule has 0 saturated carbocycles. The number of aliphatic hydroxyl groups excluding tert-OH is 2. The fraction of sp³-hybridized carbons (Fsp3) is 0.400. The zero-order chi connectivity index (χ0) is 11.4. The van der Waals surface area contributed by atoms with Crippen molar-refractivity contribution in [2.45, 2.75) is 18.6 Å². The molecule has 2 atom stereocenters. The van der Waals surface area contributed by atoms with E-state index in [-0.39, 0.29) is 10.8 Å². The molecular weight excluding hydrogens is 283 g/mol. The standard InChI is InChI=1S/C10H12BrClO3/c11-4-3-9(14)10(15)7-2-1-6(13)5-8(7)12/h1-2,5,9-10,13-15H,3-4H2. The van der Waals surface area contributed by atoms with Crippen LogP contribution in [0.15, 0.2) is 18.2 Å². The fourth-order valence-electron chi connectivity index (χ4n) is 1.23. The Morgan fingerprint density at radius 3 is 2.53 bits per heavy atom. The summed E-state index contributed by atoms with van der Waals surface area (Å²) < 4.78 is 0. The molecule has 5 heteroatoms. The average Bonchev–Trinajstić information content (AvgIpc) is 2.17. The molecule has 0 bridgehead atoms. The van der Waals surface area contributed by atoms with Crippen molar-refractivity contribution in [3.63, 3.8) is 0 Å². The van der Waals surface area contributed by atoms with E-state index in [0.717, 1.165) is 0 Å². The van der Waals surface area contributed by atoms with Crippen molar-refractivity contribution in [1.82, 2.24) is 0 Å². The Morgan fingerprint density at radius 2 is 2.00 bits per heavy atom. The number of hydrogen-bond donors (Lipinski definition) is 3. The smallest absolute Gasteiger partial charge is 0.117 e. The molecule has 0 aliphatic rings. The van der Waals surface area contributed by atoms with Crippen molar-refractivity contribution in [1.29, 1.82) is 0 Å². The minimum absolute atomic E-state index is 0.0333. The van der Waals surface area contributed by atoms with E-state index in [1.165, 1.54) is 18.2 Å². The lowest BCUT2D eigenvalue weighted by atomic mass is 10.0. The van der Waals surface area contributed by atoms with Crippen molar-refractivity contribution in [2.24, 2.45) is 0 Å². The number of aliphatic hydroxyl groups is 2. The van der Waals surface area contributed by atoms with E-state index in [2.05, 4.69) is 15.9 Å². The molecule has 3 nitrogen and oxygen atoms in total. The van der Waals surface area contributed by atoms with Gasteiger partial charge in [-0.1, -0.05) is 33.6 Å². The number of alkyl halides is 1. The maximum Gasteiger partial charge on any atom is 0.117 e. The van der Waals surface area contributed by atoms with Gasteiger partial charge in [-0.25, -0.2) is 0 Å². The van der Waals surface area contributed by atoms with E-state index >= 15 is 0 Å². The first-order valence-corrected chi connectivity index (χ1v) is 5.96. The van der Waals surface area contributed by atoms with Gasteiger partial charge in [-0.3, -0.25) is 0 Å². The van der Waals surface area contributed by atoms with Crippen molar-refractivity contribution in [3.05, 3.63) is 28.8 Å². The third-order valence-electron chi connectivity index (χ3n) is 2.07. The summed E-state index contributed by atoms with van der Waals surface area (Å²) in [6.45, 7) is 0. The minimum Gasteiger partial charge on any atom is -0.508 e. The van der Waals surface area contributed by atoms with Crippen LogP contribution in [0, 0.1) is 0 Å². The van der Waals surface area contributed by atoms with Crippen LogP contribution in [-0.4, -0.2) is 26.8 Å². The predicted molar refractivity (Wildman–Crippen MR) is 62.5 cm³/mol. The summed E-state index contributed by atoms with van der Waals surface area (Å²) in [5.41, 5.74) is 0.419. The molecule has 1 aromatic carbocycles. The molecule has 84 valence electrons. The molecule has 2 unspecified atom stereocenters. The monoisotopic (exact) mass is 294 g/mol. The second kappa shape index (κ2) is 5.70. The van der Waals surface area contributed by atoms with Crippen molar-refractivity contribution in [3.8, 4) is 5.75 Å². The van der Waals surface area contributed by atoms with Crippen molar-refractivity contribution < 1.29 is 15.3 Å². The number of rotatable bonds is 4. The third kappa shape index (κ3) is 3.34. The van der Waals surface area contributed by atoms with E-state index in [9.17, 15) is 10.2 Å². The van der Waals surface area contributed by atoms with Gasteiger partial charge in [-0.2, -0.15) is 0 Å². The summed E-state index contributed by atoms with van der Waals surface area (Å²) in [4.78, 5) is 0. The molecule has 15 heavy (non-hydrogen) atoms. The van der Waals surface area contributed by atoms with Gasteiger partial charge < -0.3 is 15.3 Å². The molecule has 0 amide bonds. The van der Waals surface area contributed by atoms with Crippen LogP contribution in [0.4, 0.5) is 0 Å². The molecule has 0 saturated heterocycles. The summed E-state index contributed by atoms with van der Waals surface area (Å²) in [5.74, 6) is 0.0333. The van der Waals surface area contributed by atoms with Crippen molar-refractivity contribution in [2.75, 3.05) is 5.33 Å². The lowest BCUT2D eigenvalue weighted by Gasteiger charge is -2.18. The summed E-state index contributed by atoms with van der Waals surface area (Å²) in [6.07, 6.45) is -1.47. The molecule has 0 aliphatic carbocycles. The van der Waals surface area contributed by atoms with Gasteiger partial charge in [0.25, 0.3) is 0 Å². The van der Waals surface area contributed by atoms with Crippen molar-refractivity contribution >= 4 is 27.5 Å². The van der Waals surface area contributed by atoms with Gasteiger partial charge in [0.05, 0.1) is 11.1 Å². The largest absolute Gasteiger partial charge is 0.508 e. The highest BCUT2D eigenvalue weighted by Gasteiger charge is 2.20. The first-order chi connectivity index (χ1) is 7.06. The van der Waals surface area contributed by atoms with Gasteiger partial charge in [0.2, 0.25) is 0 Å². The second-order valence-electron chi connectivity index (χ2n) is 3.20. The Morgan fingerprint density at radius 1 is 1.33 bits per heavy atom. The summed E-state index contributed by atoms with van der Waals surface area (Å²) >= 11 is 9.00. The number of hydrogen-bond acceptors (Lipinski definition) is 3. The SMILES string of the molecule is Oc1ccc(C(O)C(O)CCBr)c(Cl)c1. The lowest BCUT2D eigenvalue weighted by molar-refractivity contribution is 0.0174. The average molecular weight is 296 g/mol. The van der Waals surface area contributed by atoms with Crippen LogP contribution in [0.1, 0.15) is 18.1 Å². The zero-order valence-corrected chi connectivity index (χ0v) is 10.2. The van der Waals surface area contributed by atoms with E-state index in [0.29, 0.717) is 17.3 Å². The van der Waals surface area contributed by atoms with E-state index in [4.69, 9.17) is 16.7 Å². The molecule has 3 N–H and O–H groups in total. The second-order valence-corrected chi connectivity index (χ2v) is 4.40. The topological polar surface area (TPSA) is 60.7 Å². The molecule has 0 radical (unpaired) electrons. The van der Waals surface area contributed by atoms with Gasteiger partial charge in [0.15, 0.2) is 0 Å². The van der Waals surface area contributed by atoms with Crippen LogP contribution in [0.25, 0.3) is 0 Å². The maximum absolute atomic E-state index is 9.75. The normalized spacial score (nSPS) is 14.9. The Balaban J connectivity index is 2.86. The summed E-state index contributed by atoms with van der Waals surface area (Å²) in [7, 11) is 0. The van der Waals surface area contributed by atoms with E-state index in [1.54, 1.807) is 0 Å². The van der Waals surface area contributed by atoms with Crippen LogP contribution in [-0.2, 0) is 0 Å². The summed E-state index contributed by atoms with van der Waals surface area (Å²) in [6, 6.07) is 4.26. The highest BCUT2D eigenvalue weighted by atomic mass is 79.9. The van der Waals surface area contributed by atoms with Gasteiger partial charge in [0, 0.05) is 10.9 Å². The molecule has 0 aromatic heterocycles. The van der Waals surface area contributed by atoms with E-state index in [1.807, 2.05) is 0 Å². The molecule has 1 rings (SSSR count). The molecule has 0 spiro atoms. The Hall–Kier alpha value is -0.290. The molecule has 0 heterocycles. The lowest BCUT2D eigenvalue weighted by Crippen LogP contribution is -2.18. The third-order valence-corrected chi connectivity index (χ3v) is 2.86. The van der Waals surface area contributed by atoms with Crippen LogP contribution < -0.4 is 0 Å². The highest BCUT2D eigenvalue weighted by molar-refractivity contribution is 9.09. The summed E-state index contributed by atoms with van der Waals surface area (Å²) in [5, 5.41) is 29.3. The number of benzene rings is 1. The molecule has 1 aromatic rings. The van der Waals surface area contributed by atoms with Crippen LogP contribution in [0.2, 0.25) is 5.02 Å². The molecule has 0 fully saturated rings. The van der Waals surface area contributed by atoms with Gasteiger partial charge in [-0.15, -0.1) is 0 Å². The number of phenols is 1. The predicted octanol–water partition coefficient (Wildman–Crippen LogP) is 2.22. The molecular formula is C10H12BrClO3. The molecule has 0 aliphatic heterocycles. The van der Waals surface area contributed by atoms with Gasteiger partial charge in [0.1, 0.15) is 11.9 Å². The van der Waals surface area contributed by atoms with Crippen LogP contribution in [0.5, 0.6) is 5.75 Å².